The number of anilines is 1. The number of allylic oxidation sites excluding steroid dienone is 1. The molecule has 27 heavy (non-hydrogen) atoms. The normalized spacial score (nSPS) is 32.0. The van der Waals surface area contributed by atoms with Crippen LogP contribution in [0.25, 0.3) is 0 Å². The molecule has 4 aliphatic rings. The second-order valence-corrected chi connectivity index (χ2v) is 9.23. The van der Waals surface area contributed by atoms with E-state index in [0.717, 1.165) is 31.0 Å². The predicted molar refractivity (Wildman–Crippen MR) is 105 cm³/mol. The molecule has 2 saturated heterocycles. The summed E-state index contributed by atoms with van der Waals surface area (Å²) in [6.07, 6.45) is 7.96. The number of hydrogen-bond acceptors (Lipinski definition) is 4. The van der Waals surface area contributed by atoms with Crippen LogP contribution < -0.4 is 5.32 Å². The molecule has 0 aromatic heterocycles. The van der Waals surface area contributed by atoms with Gasteiger partial charge in [0.15, 0.2) is 11.5 Å². The Balaban J connectivity index is 1.50. The fourth-order valence-corrected chi connectivity index (χ4v) is 4.94. The molecule has 1 unspecified atom stereocenters. The molecule has 3 aliphatic heterocycles. The van der Waals surface area contributed by atoms with E-state index in [1.54, 1.807) is 0 Å². The molecule has 1 aliphatic carbocycles. The van der Waals surface area contributed by atoms with E-state index in [0.29, 0.717) is 24.7 Å². The van der Waals surface area contributed by atoms with Crippen LogP contribution in [-0.4, -0.2) is 19.4 Å². The highest BCUT2D eigenvalue weighted by Crippen LogP contribution is 2.48. The van der Waals surface area contributed by atoms with Crippen molar-refractivity contribution in [2.75, 3.05) is 18.7 Å². The summed E-state index contributed by atoms with van der Waals surface area (Å²) in [6, 6.07) is 7.24. The van der Waals surface area contributed by atoms with Crippen molar-refractivity contribution >= 4 is 5.69 Å². The largest absolute Gasteiger partial charge is 0.454 e. The van der Waals surface area contributed by atoms with Gasteiger partial charge in [-0.1, -0.05) is 32.9 Å². The molecule has 1 aromatic rings. The molecule has 1 N–H and O–H groups in total. The van der Waals surface area contributed by atoms with E-state index < -0.39 is 0 Å². The van der Waals surface area contributed by atoms with Crippen molar-refractivity contribution in [3.8, 4) is 0 Å². The first-order valence-corrected chi connectivity index (χ1v) is 10.2. The summed E-state index contributed by atoms with van der Waals surface area (Å²) in [5.74, 6) is 2.71. The van der Waals surface area contributed by atoms with Crippen LogP contribution in [0.2, 0.25) is 0 Å². The Morgan fingerprint density at radius 1 is 1.11 bits per heavy atom. The number of ether oxygens (including phenoxy) is 3. The van der Waals surface area contributed by atoms with Gasteiger partial charge in [-0.15, -0.1) is 0 Å². The van der Waals surface area contributed by atoms with Crippen molar-refractivity contribution in [3.63, 3.8) is 0 Å². The second kappa shape index (κ2) is 6.30. The summed E-state index contributed by atoms with van der Waals surface area (Å²) >= 11 is 0. The van der Waals surface area contributed by atoms with Gasteiger partial charge in [0.1, 0.15) is 0 Å². The fraction of sp³-hybridized carbons (Fsp3) is 0.565. The average Bonchev–Trinajstić information content (AvgIpc) is 3.14. The maximum absolute atomic E-state index is 6.35. The lowest BCUT2D eigenvalue weighted by molar-refractivity contribution is -0.0419. The van der Waals surface area contributed by atoms with Crippen molar-refractivity contribution in [3.05, 3.63) is 53.0 Å². The van der Waals surface area contributed by atoms with Crippen LogP contribution in [0, 0.1) is 11.8 Å². The topological polar surface area (TPSA) is 39.7 Å². The SMILES string of the molecule is CC(C)(C)c1ccc2c(c1)[C@H]1OCCC[C@H]1[C@H](C1C=C3OCOC3=CC1)N2. The van der Waals surface area contributed by atoms with Gasteiger partial charge in [0.25, 0.3) is 0 Å². The van der Waals surface area contributed by atoms with Crippen LogP contribution in [0.3, 0.4) is 0 Å². The Hall–Kier alpha value is -1.94. The summed E-state index contributed by atoms with van der Waals surface area (Å²) < 4.78 is 17.5. The van der Waals surface area contributed by atoms with E-state index >= 15 is 0 Å². The molecule has 0 saturated carbocycles. The van der Waals surface area contributed by atoms with Gasteiger partial charge in [0, 0.05) is 35.7 Å². The first-order valence-electron chi connectivity index (χ1n) is 10.2. The van der Waals surface area contributed by atoms with E-state index in [4.69, 9.17) is 14.2 Å². The molecular formula is C23H29NO3. The minimum absolute atomic E-state index is 0.144. The van der Waals surface area contributed by atoms with Gasteiger partial charge in [-0.2, -0.15) is 0 Å². The van der Waals surface area contributed by atoms with Crippen molar-refractivity contribution in [2.45, 2.75) is 57.6 Å². The minimum Gasteiger partial charge on any atom is -0.454 e. The second-order valence-electron chi connectivity index (χ2n) is 9.23. The minimum atomic E-state index is 0.144. The number of rotatable bonds is 1. The Morgan fingerprint density at radius 2 is 1.96 bits per heavy atom. The monoisotopic (exact) mass is 367 g/mol. The lowest BCUT2D eigenvalue weighted by Crippen LogP contribution is -2.45. The molecule has 3 heterocycles. The summed E-state index contributed by atoms with van der Waals surface area (Å²) in [5.41, 5.74) is 4.08. The van der Waals surface area contributed by atoms with Crippen LogP contribution in [0.5, 0.6) is 0 Å². The fourth-order valence-electron chi connectivity index (χ4n) is 4.94. The van der Waals surface area contributed by atoms with Crippen LogP contribution in [0.4, 0.5) is 5.69 Å². The van der Waals surface area contributed by atoms with Gasteiger partial charge in [0.05, 0.1) is 6.10 Å². The van der Waals surface area contributed by atoms with E-state index in [2.05, 4.69) is 56.4 Å². The summed E-state index contributed by atoms with van der Waals surface area (Å²) in [5, 5.41) is 3.87. The maximum Gasteiger partial charge on any atom is 0.231 e. The van der Waals surface area contributed by atoms with Crippen molar-refractivity contribution in [1.82, 2.24) is 0 Å². The third kappa shape index (κ3) is 2.94. The molecule has 1 aromatic carbocycles. The zero-order valence-corrected chi connectivity index (χ0v) is 16.5. The van der Waals surface area contributed by atoms with Crippen molar-refractivity contribution < 1.29 is 14.2 Å². The standard InChI is InChI=1S/C23H29NO3/c1-23(2,3)15-7-8-18-17(12-15)22-16(5-4-10-25-22)21(24-18)14-6-9-19-20(11-14)27-13-26-19/h7-9,11-12,14,16,21-22,24H,4-6,10,13H2,1-3H3/t14?,16-,21-,22-/m0/s1. The summed E-state index contributed by atoms with van der Waals surface area (Å²) in [6.45, 7) is 8.02. The highest BCUT2D eigenvalue weighted by molar-refractivity contribution is 5.58. The molecule has 2 fully saturated rings. The Labute approximate surface area is 161 Å². The maximum atomic E-state index is 6.35. The Bertz CT molecular complexity index is 804. The zero-order valence-electron chi connectivity index (χ0n) is 16.5. The number of benzene rings is 1. The highest BCUT2D eigenvalue weighted by atomic mass is 16.7. The van der Waals surface area contributed by atoms with Gasteiger partial charge in [0.2, 0.25) is 6.79 Å². The van der Waals surface area contributed by atoms with Gasteiger partial charge in [-0.05, 0) is 48.5 Å². The van der Waals surface area contributed by atoms with Gasteiger partial charge in [-0.3, -0.25) is 0 Å². The molecule has 4 nitrogen and oxygen atoms in total. The Morgan fingerprint density at radius 3 is 2.81 bits per heavy atom. The van der Waals surface area contributed by atoms with E-state index in [9.17, 15) is 0 Å². The van der Waals surface area contributed by atoms with Gasteiger partial charge >= 0.3 is 0 Å². The van der Waals surface area contributed by atoms with Crippen LogP contribution in [0.15, 0.2) is 41.9 Å². The summed E-state index contributed by atoms with van der Waals surface area (Å²) in [4.78, 5) is 0. The van der Waals surface area contributed by atoms with Crippen LogP contribution >= 0.6 is 0 Å². The van der Waals surface area contributed by atoms with Crippen LogP contribution in [0.1, 0.15) is 57.3 Å². The molecule has 5 rings (SSSR count). The molecule has 0 bridgehead atoms. The third-order valence-corrected chi connectivity index (χ3v) is 6.45. The smallest absolute Gasteiger partial charge is 0.231 e. The molecule has 4 atom stereocenters. The molecular weight excluding hydrogens is 338 g/mol. The molecule has 0 amide bonds. The highest BCUT2D eigenvalue weighted by Gasteiger charge is 2.43. The number of fused-ring (bicyclic) bond motifs is 4. The van der Waals surface area contributed by atoms with Gasteiger partial charge in [-0.25, -0.2) is 0 Å². The Kier molecular flexibility index (Phi) is 4.01. The molecule has 0 spiro atoms. The molecule has 144 valence electrons. The van der Waals surface area contributed by atoms with Crippen LogP contribution in [-0.2, 0) is 19.6 Å². The van der Waals surface area contributed by atoms with Crippen molar-refractivity contribution in [1.29, 1.82) is 0 Å². The lowest BCUT2D eigenvalue weighted by atomic mass is 9.72. The first-order chi connectivity index (χ1) is 13.0. The zero-order chi connectivity index (χ0) is 18.6. The quantitative estimate of drug-likeness (QED) is 0.755. The van der Waals surface area contributed by atoms with E-state index in [-0.39, 0.29) is 11.5 Å². The van der Waals surface area contributed by atoms with Crippen molar-refractivity contribution in [2.24, 2.45) is 11.8 Å². The van der Waals surface area contributed by atoms with E-state index in [1.165, 1.54) is 23.2 Å². The summed E-state index contributed by atoms with van der Waals surface area (Å²) in [7, 11) is 0. The van der Waals surface area contributed by atoms with E-state index in [1.807, 2.05) is 0 Å². The average molecular weight is 367 g/mol. The predicted octanol–water partition coefficient (Wildman–Crippen LogP) is 5.04. The number of hydrogen-bond donors (Lipinski definition) is 1. The molecule has 4 heteroatoms. The lowest BCUT2D eigenvalue weighted by Gasteiger charge is -2.46. The molecule has 0 radical (unpaired) electrons. The first kappa shape index (κ1) is 17.2. The number of nitrogens with one attached hydrogen (secondary N) is 1. The third-order valence-electron chi connectivity index (χ3n) is 6.45. The van der Waals surface area contributed by atoms with Gasteiger partial charge < -0.3 is 19.5 Å².